The van der Waals surface area contributed by atoms with Crippen LogP contribution in [0.3, 0.4) is 0 Å². The molecule has 108 valence electrons. The predicted octanol–water partition coefficient (Wildman–Crippen LogP) is 2.87. The summed E-state index contributed by atoms with van der Waals surface area (Å²) in [5.41, 5.74) is 0. The zero-order valence-corrected chi connectivity index (χ0v) is 12.6. The second-order valence-corrected chi connectivity index (χ2v) is 2.89. The van der Waals surface area contributed by atoms with Crippen LogP contribution < -0.4 is 0 Å². The molecule has 0 N–H and O–H groups in total. The number of aromatic nitrogens is 2. The quantitative estimate of drug-likeness (QED) is 0.311. The van der Waals surface area contributed by atoms with Gasteiger partial charge in [-0.05, 0) is 0 Å². The summed E-state index contributed by atoms with van der Waals surface area (Å²) >= 11 is 0. The Morgan fingerprint density at radius 3 is 0.810 bits per heavy atom. The molecule has 0 bridgehead atoms. The average molecular weight is 365 g/mol. The molecular weight excluding hydrogens is 365 g/mol. The first-order chi connectivity index (χ1) is 9.22. The van der Waals surface area contributed by atoms with E-state index in [4.69, 9.17) is 0 Å². The first-order valence-corrected chi connectivity index (χ1v) is 4.41. The molecule has 2 nitrogen and oxygen atoms in total. The van der Waals surface area contributed by atoms with Crippen LogP contribution in [0.2, 0.25) is 0 Å². The number of nitrogens with zero attached hydrogens (tertiary/aromatic N) is 2. The van der Waals surface area contributed by atoms with Crippen molar-refractivity contribution in [3.63, 3.8) is 0 Å². The van der Waals surface area contributed by atoms with E-state index in [1.807, 2.05) is 0 Å². The van der Waals surface area contributed by atoms with Crippen LogP contribution in [0.1, 0.15) is 0 Å². The summed E-state index contributed by atoms with van der Waals surface area (Å²) in [6.45, 7) is 0. The fourth-order valence-corrected chi connectivity index (χ4v) is 0.768. The molecule has 2 heterocycles. The molecule has 2 rings (SSSR count). The number of halogens is 8. The van der Waals surface area contributed by atoms with Crippen LogP contribution in [0, 0.1) is 59.2 Å². The fourth-order valence-electron chi connectivity index (χ4n) is 0.768. The molecule has 21 heavy (non-hydrogen) atoms. The van der Waals surface area contributed by atoms with Crippen molar-refractivity contribution >= 4 is 0 Å². The van der Waals surface area contributed by atoms with E-state index < -0.39 is 47.1 Å². The maximum atomic E-state index is 11.9. The van der Waals surface area contributed by atoms with E-state index >= 15 is 0 Å². The Hall–Kier alpha value is -1.64. The maximum Gasteiger partial charge on any atom is 2.00 e. The molecule has 0 radical (unpaired) electrons. The van der Waals surface area contributed by atoms with E-state index in [2.05, 4.69) is 9.97 Å². The Bertz CT molecular complexity index is 481. The third-order valence-corrected chi connectivity index (χ3v) is 1.56. The van der Waals surface area contributed by atoms with Crippen molar-refractivity contribution < 1.29 is 54.6 Å². The van der Waals surface area contributed by atoms with Crippen molar-refractivity contribution in [2.75, 3.05) is 0 Å². The van der Waals surface area contributed by atoms with Gasteiger partial charge in [0.15, 0.2) is 0 Å². The minimum atomic E-state index is -1.70. The largest absolute Gasteiger partial charge is 2.00 e. The molecule has 2 aromatic rings. The van der Waals surface area contributed by atoms with Crippen LogP contribution in [0.25, 0.3) is 0 Å². The van der Waals surface area contributed by atoms with Crippen LogP contribution >= 0.6 is 0 Å². The summed E-state index contributed by atoms with van der Waals surface area (Å²) in [5.74, 6) is -13.3. The van der Waals surface area contributed by atoms with Gasteiger partial charge in [-0.2, -0.15) is 0 Å². The third-order valence-electron chi connectivity index (χ3n) is 1.56. The number of pyridine rings is 2. The van der Waals surface area contributed by atoms with E-state index in [1.54, 1.807) is 0 Å². The van der Waals surface area contributed by atoms with Gasteiger partial charge in [0.2, 0.25) is 0 Å². The fraction of sp³-hybridized carbons (Fsp3) is 0. The second-order valence-electron chi connectivity index (χ2n) is 2.89. The van der Waals surface area contributed by atoms with Crippen LogP contribution in [0.4, 0.5) is 35.1 Å². The average Bonchev–Trinajstić information content (AvgIpc) is 2.35. The van der Waals surface area contributed by atoms with Gasteiger partial charge in [-0.15, -0.1) is 0 Å². The zero-order chi connectivity index (χ0) is 15.4. The van der Waals surface area contributed by atoms with Gasteiger partial charge >= 0.3 is 19.5 Å². The minimum Gasteiger partial charge on any atom is -0.319 e. The van der Waals surface area contributed by atoms with Gasteiger partial charge < -0.3 is 9.97 Å². The maximum absolute atomic E-state index is 11.9. The van der Waals surface area contributed by atoms with Crippen molar-refractivity contribution in [3.8, 4) is 0 Å². The second kappa shape index (κ2) is 7.97. The Labute approximate surface area is 124 Å². The van der Waals surface area contributed by atoms with Gasteiger partial charge in [-0.25, -0.2) is 17.6 Å². The summed E-state index contributed by atoms with van der Waals surface area (Å²) in [4.78, 5) is 4.52. The zero-order valence-electron chi connectivity index (χ0n) is 9.63. The molecule has 0 unspecified atom stereocenters. The SMILES string of the molecule is Fc1[c-]c(F)c(F)nc1F.Fc1[c-]c(F)c(F)nc1F.[Zn+2]. The Kier molecular flexibility index (Phi) is 7.34. The Balaban J connectivity index is 0.000000364. The molecule has 0 saturated carbocycles. The number of hydrogen-bond acceptors (Lipinski definition) is 2. The molecule has 0 saturated heterocycles. The van der Waals surface area contributed by atoms with Crippen LogP contribution in [-0.4, -0.2) is 9.97 Å². The molecule has 0 aliphatic rings. The first kappa shape index (κ1) is 19.4. The summed E-state index contributed by atoms with van der Waals surface area (Å²) in [6, 6.07) is 2.32. The molecule has 0 spiro atoms. The van der Waals surface area contributed by atoms with Gasteiger partial charge in [-0.3, -0.25) is 17.6 Å². The normalized spacial score (nSPS) is 9.52. The summed E-state index contributed by atoms with van der Waals surface area (Å²) < 4.78 is 94.8. The summed E-state index contributed by atoms with van der Waals surface area (Å²) in [7, 11) is 0. The van der Waals surface area contributed by atoms with Crippen molar-refractivity contribution in [2.45, 2.75) is 0 Å². The molecule has 0 fully saturated rings. The molecule has 0 aliphatic heterocycles. The Morgan fingerprint density at radius 2 is 0.667 bits per heavy atom. The van der Waals surface area contributed by atoms with Gasteiger partial charge in [0.1, 0.15) is 23.8 Å². The van der Waals surface area contributed by atoms with Crippen LogP contribution in [-0.2, 0) is 19.5 Å². The predicted molar refractivity (Wildman–Crippen MR) is 45.8 cm³/mol. The summed E-state index contributed by atoms with van der Waals surface area (Å²) in [5, 5.41) is 0. The molecule has 0 aromatic carbocycles. The van der Waals surface area contributed by atoms with Gasteiger partial charge in [0, 0.05) is 0 Å². The molecule has 0 atom stereocenters. The third kappa shape index (κ3) is 5.33. The Morgan fingerprint density at radius 1 is 0.476 bits per heavy atom. The van der Waals surface area contributed by atoms with E-state index in [1.165, 1.54) is 0 Å². The van der Waals surface area contributed by atoms with Crippen molar-refractivity contribution in [3.05, 3.63) is 59.2 Å². The van der Waals surface area contributed by atoms with Gasteiger partial charge in [-0.1, -0.05) is 12.1 Å². The molecule has 11 heteroatoms. The molecular formula is C10F8N2Zn. The summed E-state index contributed by atoms with van der Waals surface area (Å²) in [6.07, 6.45) is 0. The van der Waals surface area contributed by atoms with Gasteiger partial charge in [0.25, 0.3) is 0 Å². The number of rotatable bonds is 0. The van der Waals surface area contributed by atoms with Crippen molar-refractivity contribution in [1.82, 2.24) is 9.97 Å². The monoisotopic (exact) mass is 364 g/mol. The topological polar surface area (TPSA) is 25.8 Å². The molecule has 2 aromatic heterocycles. The standard InChI is InChI=1S/2C5F4N.Zn/c2*6-2-1-3(7)5(9)10-4(2)8;/q2*-1;+2. The van der Waals surface area contributed by atoms with Crippen LogP contribution in [0.5, 0.6) is 0 Å². The smallest absolute Gasteiger partial charge is 0.319 e. The minimum absolute atomic E-state index is 0. The van der Waals surface area contributed by atoms with Gasteiger partial charge in [0.05, 0.1) is 23.3 Å². The van der Waals surface area contributed by atoms with E-state index in [9.17, 15) is 35.1 Å². The van der Waals surface area contributed by atoms with E-state index in [-0.39, 0.29) is 19.5 Å². The van der Waals surface area contributed by atoms with E-state index in [0.717, 1.165) is 12.1 Å². The molecule has 0 amide bonds. The van der Waals surface area contributed by atoms with E-state index in [0.29, 0.717) is 0 Å². The van der Waals surface area contributed by atoms with Crippen LogP contribution in [0.15, 0.2) is 0 Å². The molecule has 0 aliphatic carbocycles. The van der Waals surface area contributed by atoms with Crippen molar-refractivity contribution in [1.29, 1.82) is 0 Å². The first-order valence-electron chi connectivity index (χ1n) is 4.41. The van der Waals surface area contributed by atoms with Crippen molar-refractivity contribution in [2.24, 2.45) is 0 Å². The number of hydrogen-bond donors (Lipinski definition) is 0.